The SMILES string of the molecule is CCNC(=NCCNS(=O)(=O)c1ccc(C)cc1)N1CCC(C)C(n2ccnc2)C1. The number of rotatable bonds is 7. The lowest BCUT2D eigenvalue weighted by molar-refractivity contribution is 0.189. The van der Waals surface area contributed by atoms with Crippen LogP contribution in [0.2, 0.25) is 0 Å². The second kappa shape index (κ2) is 10.1. The fraction of sp³-hybridized carbons (Fsp3) is 0.524. The quantitative estimate of drug-likeness (QED) is 0.397. The summed E-state index contributed by atoms with van der Waals surface area (Å²) in [5.41, 5.74) is 1.03. The van der Waals surface area contributed by atoms with Crippen LogP contribution in [0.5, 0.6) is 0 Å². The predicted molar refractivity (Wildman–Crippen MR) is 119 cm³/mol. The van der Waals surface area contributed by atoms with Crippen LogP contribution < -0.4 is 10.0 Å². The van der Waals surface area contributed by atoms with Gasteiger partial charge in [0.05, 0.1) is 23.8 Å². The van der Waals surface area contributed by atoms with E-state index in [2.05, 4.69) is 36.4 Å². The lowest BCUT2D eigenvalue weighted by Crippen LogP contribution is -2.49. The van der Waals surface area contributed by atoms with E-state index >= 15 is 0 Å². The molecule has 2 atom stereocenters. The molecule has 30 heavy (non-hydrogen) atoms. The standard InChI is InChI=1S/C21H32N6O2S/c1-4-23-21(26-13-9-18(3)20(15-26)27-14-12-22-16-27)24-10-11-25-30(28,29)19-7-5-17(2)6-8-19/h5-8,12,14,16,18,20,25H,4,9-11,13,15H2,1-3H3,(H,23,24). The summed E-state index contributed by atoms with van der Waals surface area (Å²) in [7, 11) is -3.52. The molecular weight excluding hydrogens is 400 g/mol. The van der Waals surface area contributed by atoms with Gasteiger partial charge in [-0.15, -0.1) is 0 Å². The molecule has 0 radical (unpaired) electrons. The fourth-order valence-electron chi connectivity index (χ4n) is 3.66. The second-order valence-corrected chi connectivity index (χ2v) is 9.50. The van der Waals surface area contributed by atoms with E-state index in [0.717, 1.165) is 37.6 Å². The summed E-state index contributed by atoms with van der Waals surface area (Å²) in [6.45, 7) is 9.39. The number of imidazole rings is 1. The Morgan fingerprint density at radius 2 is 2.07 bits per heavy atom. The molecule has 1 fully saturated rings. The van der Waals surface area contributed by atoms with Crippen molar-refractivity contribution < 1.29 is 8.42 Å². The minimum absolute atomic E-state index is 0.250. The molecule has 0 bridgehead atoms. The molecule has 3 rings (SSSR count). The molecule has 1 saturated heterocycles. The van der Waals surface area contributed by atoms with Crippen molar-refractivity contribution in [2.75, 3.05) is 32.7 Å². The van der Waals surface area contributed by atoms with Crippen LogP contribution in [-0.4, -0.2) is 61.6 Å². The first-order valence-electron chi connectivity index (χ1n) is 10.5. The summed E-state index contributed by atoms with van der Waals surface area (Å²) in [4.78, 5) is 11.4. The summed E-state index contributed by atoms with van der Waals surface area (Å²) >= 11 is 0. The first-order chi connectivity index (χ1) is 14.4. The van der Waals surface area contributed by atoms with Crippen LogP contribution in [0, 0.1) is 12.8 Å². The number of aromatic nitrogens is 2. The van der Waals surface area contributed by atoms with Crippen LogP contribution in [-0.2, 0) is 10.0 Å². The normalized spacial score (nSPS) is 20.4. The van der Waals surface area contributed by atoms with E-state index < -0.39 is 10.0 Å². The summed E-state index contributed by atoms with van der Waals surface area (Å²) in [5, 5.41) is 3.34. The van der Waals surface area contributed by atoms with Gasteiger partial charge in [0, 0.05) is 38.6 Å². The third kappa shape index (κ3) is 5.60. The molecule has 2 unspecified atom stereocenters. The Labute approximate surface area is 179 Å². The lowest BCUT2D eigenvalue weighted by Gasteiger charge is -2.39. The van der Waals surface area contributed by atoms with Crippen LogP contribution in [0.15, 0.2) is 52.9 Å². The Morgan fingerprint density at radius 1 is 1.30 bits per heavy atom. The molecule has 1 aromatic heterocycles. The molecule has 8 nitrogen and oxygen atoms in total. The molecule has 2 N–H and O–H groups in total. The number of nitrogens with zero attached hydrogens (tertiary/aromatic N) is 4. The van der Waals surface area contributed by atoms with Gasteiger partial charge in [0.25, 0.3) is 0 Å². The number of aryl methyl sites for hydroxylation is 1. The van der Waals surface area contributed by atoms with Gasteiger partial charge in [-0.25, -0.2) is 18.1 Å². The average molecular weight is 433 g/mol. The molecular formula is C21H32N6O2S. The van der Waals surface area contributed by atoms with Gasteiger partial charge in [-0.05, 0) is 38.3 Å². The van der Waals surface area contributed by atoms with E-state index in [-0.39, 0.29) is 11.4 Å². The van der Waals surface area contributed by atoms with Gasteiger partial charge in [-0.3, -0.25) is 4.99 Å². The van der Waals surface area contributed by atoms with Crippen LogP contribution in [0.1, 0.15) is 31.9 Å². The van der Waals surface area contributed by atoms with E-state index in [1.54, 1.807) is 24.3 Å². The second-order valence-electron chi connectivity index (χ2n) is 7.74. The molecule has 164 valence electrons. The molecule has 0 aliphatic carbocycles. The highest BCUT2D eigenvalue weighted by Crippen LogP contribution is 2.27. The first-order valence-corrected chi connectivity index (χ1v) is 12.0. The van der Waals surface area contributed by atoms with Gasteiger partial charge >= 0.3 is 0 Å². The number of benzene rings is 1. The number of nitrogens with one attached hydrogen (secondary N) is 2. The number of likely N-dealkylation sites (tertiary alicyclic amines) is 1. The molecule has 0 spiro atoms. The summed E-state index contributed by atoms with van der Waals surface area (Å²) in [6, 6.07) is 7.17. The number of sulfonamides is 1. The van der Waals surface area contributed by atoms with Crippen molar-refractivity contribution in [1.82, 2.24) is 24.5 Å². The zero-order valence-electron chi connectivity index (χ0n) is 18.0. The van der Waals surface area contributed by atoms with Gasteiger partial charge in [0.2, 0.25) is 10.0 Å². The molecule has 1 aromatic carbocycles. The van der Waals surface area contributed by atoms with Crippen molar-refractivity contribution in [2.24, 2.45) is 10.9 Å². The van der Waals surface area contributed by atoms with Crippen LogP contribution in [0.4, 0.5) is 0 Å². The summed E-state index contributed by atoms with van der Waals surface area (Å²) in [6.07, 6.45) is 6.75. The van der Waals surface area contributed by atoms with Gasteiger partial charge in [-0.1, -0.05) is 24.6 Å². The van der Waals surface area contributed by atoms with Gasteiger partial charge < -0.3 is 14.8 Å². The van der Waals surface area contributed by atoms with Crippen molar-refractivity contribution in [3.8, 4) is 0 Å². The number of aliphatic imine (C=N–C) groups is 1. The average Bonchev–Trinajstić information content (AvgIpc) is 3.26. The van der Waals surface area contributed by atoms with Crippen molar-refractivity contribution in [1.29, 1.82) is 0 Å². The van der Waals surface area contributed by atoms with Crippen molar-refractivity contribution >= 4 is 16.0 Å². The van der Waals surface area contributed by atoms with E-state index in [9.17, 15) is 8.42 Å². The Balaban J connectivity index is 1.61. The van der Waals surface area contributed by atoms with Crippen molar-refractivity contribution in [2.45, 2.75) is 38.1 Å². The summed E-state index contributed by atoms with van der Waals surface area (Å²) in [5.74, 6) is 1.38. The van der Waals surface area contributed by atoms with Gasteiger partial charge in [0.1, 0.15) is 0 Å². The highest BCUT2D eigenvalue weighted by atomic mass is 32.2. The number of piperidine rings is 1. The maximum absolute atomic E-state index is 12.4. The maximum atomic E-state index is 12.4. The summed E-state index contributed by atoms with van der Waals surface area (Å²) < 4.78 is 29.7. The highest BCUT2D eigenvalue weighted by molar-refractivity contribution is 7.89. The number of hydrogen-bond donors (Lipinski definition) is 2. The van der Waals surface area contributed by atoms with Crippen LogP contribution in [0.3, 0.4) is 0 Å². The zero-order valence-corrected chi connectivity index (χ0v) is 18.8. The highest BCUT2D eigenvalue weighted by Gasteiger charge is 2.28. The Kier molecular flexibility index (Phi) is 7.49. The molecule has 0 amide bonds. The molecule has 2 heterocycles. The van der Waals surface area contributed by atoms with Crippen LogP contribution >= 0.6 is 0 Å². The van der Waals surface area contributed by atoms with E-state index in [0.29, 0.717) is 18.5 Å². The fourth-order valence-corrected chi connectivity index (χ4v) is 4.68. The number of hydrogen-bond acceptors (Lipinski definition) is 4. The lowest BCUT2D eigenvalue weighted by atomic mass is 9.93. The molecule has 2 aromatic rings. The Bertz CT molecular complexity index is 925. The molecule has 1 aliphatic heterocycles. The smallest absolute Gasteiger partial charge is 0.240 e. The van der Waals surface area contributed by atoms with E-state index in [4.69, 9.17) is 0 Å². The van der Waals surface area contributed by atoms with Crippen molar-refractivity contribution in [3.63, 3.8) is 0 Å². The van der Waals surface area contributed by atoms with Crippen molar-refractivity contribution in [3.05, 3.63) is 48.5 Å². The molecule has 1 aliphatic rings. The predicted octanol–water partition coefficient (Wildman–Crippen LogP) is 2.02. The largest absolute Gasteiger partial charge is 0.357 e. The number of guanidine groups is 1. The Morgan fingerprint density at radius 3 is 2.73 bits per heavy atom. The van der Waals surface area contributed by atoms with E-state index in [1.165, 1.54) is 0 Å². The minimum atomic E-state index is -3.52. The third-order valence-electron chi connectivity index (χ3n) is 5.46. The maximum Gasteiger partial charge on any atom is 0.240 e. The topological polar surface area (TPSA) is 91.6 Å². The first kappa shape index (κ1) is 22.3. The van der Waals surface area contributed by atoms with E-state index in [1.807, 2.05) is 32.6 Å². The van der Waals surface area contributed by atoms with Crippen LogP contribution in [0.25, 0.3) is 0 Å². The molecule has 0 saturated carbocycles. The monoisotopic (exact) mass is 432 g/mol. The Hall–Kier alpha value is -2.39. The minimum Gasteiger partial charge on any atom is -0.357 e. The third-order valence-corrected chi connectivity index (χ3v) is 6.93. The zero-order chi connectivity index (χ0) is 21.6. The van der Waals surface area contributed by atoms with Gasteiger partial charge in [-0.2, -0.15) is 0 Å². The molecule has 9 heteroatoms. The van der Waals surface area contributed by atoms with Gasteiger partial charge in [0.15, 0.2) is 5.96 Å².